The van der Waals surface area contributed by atoms with Gasteiger partial charge in [-0.2, -0.15) is 0 Å². The molecule has 13 nitrogen and oxygen atoms in total. The van der Waals surface area contributed by atoms with E-state index in [0.29, 0.717) is 46.2 Å². The second-order valence-electron chi connectivity index (χ2n) is 12.2. The quantitative estimate of drug-likeness (QED) is 0.118. The van der Waals surface area contributed by atoms with Gasteiger partial charge >= 0.3 is 6.16 Å². The van der Waals surface area contributed by atoms with Gasteiger partial charge in [0.1, 0.15) is 23.2 Å². The van der Waals surface area contributed by atoms with E-state index < -0.39 is 41.1 Å². The van der Waals surface area contributed by atoms with E-state index in [0.717, 1.165) is 5.56 Å². The molecule has 4 heterocycles. The Labute approximate surface area is 240 Å². The molecule has 2 aromatic carbocycles. The number of epoxide rings is 1. The summed E-state index contributed by atoms with van der Waals surface area (Å²) in [6, 6.07) is 1.90. The first kappa shape index (κ1) is 27.2. The molecule has 5 atom stereocenters. The number of hydrogen-bond acceptors (Lipinski definition) is 11. The Bertz CT molecular complexity index is 1620. The second-order valence-corrected chi connectivity index (χ2v) is 12.2. The summed E-state index contributed by atoms with van der Waals surface area (Å²) in [6.07, 6.45) is -0.963. The fraction of sp³-hybridized carbons (Fsp3) is 0.586. The molecule has 0 aromatic heterocycles. The topological polar surface area (TPSA) is 160 Å². The highest BCUT2D eigenvalue weighted by molar-refractivity contribution is 6.12. The Morgan fingerprint density at radius 3 is 2.62 bits per heavy atom. The molecule has 0 amide bonds. The zero-order valence-electron chi connectivity index (χ0n) is 24.2. The molecule has 3 saturated heterocycles. The van der Waals surface area contributed by atoms with Crippen molar-refractivity contribution < 1.29 is 47.5 Å². The van der Waals surface area contributed by atoms with Crippen molar-refractivity contribution in [1.29, 1.82) is 0 Å². The van der Waals surface area contributed by atoms with Crippen molar-refractivity contribution in [2.45, 2.75) is 81.9 Å². The predicted octanol–water partition coefficient (Wildman–Crippen LogP) is 4.97. The lowest BCUT2D eigenvalue weighted by molar-refractivity contribution is -0.286. The molecule has 2 bridgehead atoms. The Kier molecular flexibility index (Phi) is 5.65. The maximum absolute atomic E-state index is 13.5. The molecule has 2 unspecified atom stereocenters. The fourth-order valence-electron chi connectivity index (χ4n) is 7.15. The van der Waals surface area contributed by atoms with Gasteiger partial charge in [-0.1, -0.05) is 5.11 Å². The summed E-state index contributed by atoms with van der Waals surface area (Å²) in [5.74, 6) is -2.28. The molecule has 3 fully saturated rings. The molecule has 1 aliphatic carbocycles. The maximum Gasteiger partial charge on any atom is 0.514 e. The van der Waals surface area contributed by atoms with Gasteiger partial charge in [-0.05, 0) is 57.7 Å². The first-order valence-corrected chi connectivity index (χ1v) is 13.8. The number of aryl methyl sites for hydroxylation is 1. The zero-order chi connectivity index (χ0) is 29.8. The molecule has 7 rings (SSSR count). The number of benzene rings is 2. The van der Waals surface area contributed by atoms with Crippen LogP contribution in [0.5, 0.6) is 17.2 Å². The lowest BCUT2D eigenvalue weighted by Gasteiger charge is -2.48. The van der Waals surface area contributed by atoms with Crippen molar-refractivity contribution in [3.05, 3.63) is 38.8 Å². The van der Waals surface area contributed by atoms with Gasteiger partial charge in [0.15, 0.2) is 17.6 Å². The van der Waals surface area contributed by atoms with Crippen molar-refractivity contribution in [1.82, 2.24) is 0 Å². The minimum Gasteiger partial charge on any atom is -0.496 e. The Morgan fingerprint density at radius 1 is 1.21 bits per heavy atom. The summed E-state index contributed by atoms with van der Waals surface area (Å²) in [5, 5.41) is 4.69. The third kappa shape index (κ3) is 3.31. The summed E-state index contributed by atoms with van der Waals surface area (Å²) < 4.78 is 49.2. The van der Waals surface area contributed by atoms with Gasteiger partial charge in [-0.25, -0.2) is 4.79 Å². The molecule has 1 spiro atoms. The Morgan fingerprint density at radius 2 is 1.98 bits per heavy atom. The molecule has 222 valence electrons. The van der Waals surface area contributed by atoms with Crippen LogP contribution in [0.25, 0.3) is 21.2 Å². The van der Waals surface area contributed by atoms with Crippen molar-refractivity contribution in [2.24, 2.45) is 5.11 Å². The summed E-state index contributed by atoms with van der Waals surface area (Å²) >= 11 is 0. The van der Waals surface area contributed by atoms with Crippen LogP contribution in [-0.2, 0) is 30.1 Å². The van der Waals surface area contributed by atoms with Gasteiger partial charge in [0.2, 0.25) is 11.4 Å². The molecule has 0 N–H and O–H groups in total. The lowest BCUT2D eigenvalue weighted by Crippen LogP contribution is -2.67. The van der Waals surface area contributed by atoms with Crippen LogP contribution < -0.4 is 14.2 Å². The van der Waals surface area contributed by atoms with E-state index in [1.165, 1.54) is 7.11 Å². The number of Topliss-reactive ketones (excluding diaryl/α,β-unsaturated/α-hetero) is 1. The van der Waals surface area contributed by atoms with Crippen LogP contribution in [-0.4, -0.2) is 68.2 Å². The number of azide groups is 1. The monoisotopic (exact) mass is 581 g/mol. The molecule has 13 heteroatoms. The summed E-state index contributed by atoms with van der Waals surface area (Å²) in [4.78, 5) is 29.5. The number of carbonyl (C=O) groups is 2. The number of methoxy groups -OCH3 is 2. The van der Waals surface area contributed by atoms with Crippen LogP contribution >= 0.6 is 0 Å². The largest absolute Gasteiger partial charge is 0.514 e. The van der Waals surface area contributed by atoms with Crippen LogP contribution in [0, 0.1) is 6.92 Å². The minimum absolute atomic E-state index is 0.0325. The Hall–Kier alpha value is -3.61. The van der Waals surface area contributed by atoms with Gasteiger partial charge in [0.25, 0.3) is 5.79 Å². The van der Waals surface area contributed by atoms with Crippen LogP contribution in [0.15, 0.2) is 11.2 Å². The number of fused-ring (bicyclic) bond motifs is 8. The number of carbonyl (C=O) groups excluding carboxylic acids is 2. The highest BCUT2D eigenvalue weighted by Crippen LogP contribution is 2.71. The average Bonchev–Trinajstić information content (AvgIpc) is 3.59. The maximum atomic E-state index is 13.5. The van der Waals surface area contributed by atoms with Gasteiger partial charge in [0, 0.05) is 35.0 Å². The molecule has 0 saturated carbocycles. The summed E-state index contributed by atoms with van der Waals surface area (Å²) in [7, 11) is 3.03. The normalized spacial score (nSPS) is 31.7. The molecule has 4 aliphatic heterocycles. The average molecular weight is 582 g/mol. The van der Waals surface area contributed by atoms with Crippen molar-refractivity contribution in [3.8, 4) is 17.2 Å². The van der Waals surface area contributed by atoms with Crippen LogP contribution in [0.3, 0.4) is 0 Å². The van der Waals surface area contributed by atoms with Gasteiger partial charge in [0.05, 0.1) is 31.2 Å². The molecule has 0 radical (unpaired) electrons. The fourth-order valence-corrected chi connectivity index (χ4v) is 7.15. The van der Waals surface area contributed by atoms with Crippen molar-refractivity contribution in [2.75, 3.05) is 27.4 Å². The second kappa shape index (κ2) is 8.71. The van der Waals surface area contributed by atoms with Gasteiger partial charge in [-0.15, -0.1) is 0 Å². The first-order valence-electron chi connectivity index (χ1n) is 13.8. The summed E-state index contributed by atoms with van der Waals surface area (Å²) in [5.41, 5.74) is 9.35. The van der Waals surface area contributed by atoms with Gasteiger partial charge < -0.3 is 37.9 Å². The van der Waals surface area contributed by atoms with E-state index in [1.807, 2.05) is 13.0 Å². The number of hydrogen-bond donors (Lipinski definition) is 0. The van der Waals surface area contributed by atoms with E-state index in [4.69, 9.17) is 43.4 Å². The highest BCUT2D eigenvalue weighted by Gasteiger charge is 2.91. The van der Waals surface area contributed by atoms with E-state index >= 15 is 0 Å². The van der Waals surface area contributed by atoms with Crippen LogP contribution in [0.4, 0.5) is 4.79 Å². The predicted molar refractivity (Wildman–Crippen MR) is 144 cm³/mol. The number of ketones is 1. The minimum atomic E-state index is -1.50. The van der Waals surface area contributed by atoms with Crippen molar-refractivity contribution in [3.63, 3.8) is 0 Å². The smallest absolute Gasteiger partial charge is 0.496 e. The van der Waals surface area contributed by atoms with E-state index in [2.05, 4.69) is 10.0 Å². The molecule has 2 aromatic rings. The van der Waals surface area contributed by atoms with E-state index in [1.54, 1.807) is 27.9 Å². The third-order valence-corrected chi connectivity index (χ3v) is 8.77. The van der Waals surface area contributed by atoms with Crippen LogP contribution in [0.2, 0.25) is 0 Å². The van der Waals surface area contributed by atoms with E-state index in [9.17, 15) is 9.59 Å². The third-order valence-electron chi connectivity index (χ3n) is 8.77. The number of nitrogens with zero attached hydrogens (tertiary/aromatic N) is 3. The van der Waals surface area contributed by atoms with E-state index in [-0.39, 0.29) is 36.7 Å². The standard InChI is InChI=1S/C29H31N3O10/c1-13-10-15-19(21(38-25(34)42-26(2,3)4)18-14(20(15)35-5)8-7-9-16(18)33)22-17(13)23-24-29(36-6,40-22)27(12-37-27)28(39-23,41-24)11-31-32-30/h10,23-24H,7-9,11-12H2,1-6H3/t23?,24-,27+,28+,29?/m0/s1. The number of rotatable bonds is 5. The number of ether oxygens (including phenoxy) is 8. The zero-order valence-corrected chi connectivity index (χ0v) is 24.2. The molecular formula is C29H31N3O10. The lowest BCUT2D eigenvalue weighted by atomic mass is 9.78. The highest BCUT2D eigenvalue weighted by atomic mass is 16.9. The molecule has 5 aliphatic rings. The first-order chi connectivity index (χ1) is 20.0. The van der Waals surface area contributed by atoms with Crippen LogP contribution in [0.1, 0.15) is 66.8 Å². The van der Waals surface area contributed by atoms with Crippen molar-refractivity contribution >= 4 is 22.7 Å². The SMILES string of the molecule is COc1c2c(c(OC(=O)OC(C)(C)C)c3c4c(c(C)cc13)C1O[C@]3(CN=[N+]=[N-])O[C@@H]1C(OC)(O4)[C@@]31CO1)C(=O)CCC2. The van der Waals surface area contributed by atoms with Gasteiger partial charge in [-0.3, -0.25) is 4.79 Å². The molecular weight excluding hydrogens is 550 g/mol. The summed E-state index contributed by atoms with van der Waals surface area (Å²) in [6.45, 7) is 7.09. The molecule has 42 heavy (non-hydrogen) atoms. The Balaban J connectivity index is 1.52.